The summed E-state index contributed by atoms with van der Waals surface area (Å²) in [6.45, 7) is 9.18. The predicted octanol–water partition coefficient (Wildman–Crippen LogP) is 4.81. The molecule has 3 aromatic rings. The minimum absolute atomic E-state index is 0.00336. The third kappa shape index (κ3) is 3.19. The summed E-state index contributed by atoms with van der Waals surface area (Å²) in [6.07, 6.45) is 0.839. The van der Waals surface area contributed by atoms with Crippen molar-refractivity contribution < 1.29 is 4.79 Å². The van der Waals surface area contributed by atoms with Crippen LogP contribution in [0.15, 0.2) is 48.5 Å². The van der Waals surface area contributed by atoms with Gasteiger partial charge in [0.25, 0.3) is 0 Å². The summed E-state index contributed by atoms with van der Waals surface area (Å²) in [5.74, 6) is -0.0126. The molecule has 28 heavy (non-hydrogen) atoms. The van der Waals surface area contributed by atoms with Crippen LogP contribution in [0.1, 0.15) is 29.8 Å². The molecule has 2 heterocycles. The quantitative estimate of drug-likeness (QED) is 0.488. The Morgan fingerprint density at radius 1 is 1.14 bits per heavy atom. The highest BCUT2D eigenvalue weighted by Gasteiger charge is 2.38. The number of hydrogen-bond acceptors (Lipinski definition) is 1. The number of carbonyl (C=O) groups is 1. The summed E-state index contributed by atoms with van der Waals surface area (Å²) in [4.78, 5) is 18.4. The van der Waals surface area contributed by atoms with Crippen LogP contribution in [0, 0.1) is 0 Å². The van der Waals surface area contributed by atoms with Gasteiger partial charge in [0.05, 0.1) is 14.1 Å². The van der Waals surface area contributed by atoms with Crippen molar-refractivity contribution in [3.8, 4) is 0 Å². The van der Waals surface area contributed by atoms with E-state index in [0.29, 0.717) is 0 Å². The lowest BCUT2D eigenvalue weighted by molar-refractivity contribution is -0.133. The third-order valence-electron chi connectivity index (χ3n) is 5.87. The molecule has 1 N–H and O–H groups in total. The molecule has 0 radical (unpaired) electrons. The number of hydrogen-bond donors (Lipinski definition) is 1. The first-order valence-electron chi connectivity index (χ1n) is 9.88. The van der Waals surface area contributed by atoms with E-state index < -0.39 is 8.07 Å². The van der Waals surface area contributed by atoms with Gasteiger partial charge in [-0.2, -0.15) is 0 Å². The summed E-state index contributed by atoms with van der Waals surface area (Å²) >= 11 is 6.00. The van der Waals surface area contributed by atoms with Crippen LogP contribution in [0.25, 0.3) is 10.9 Å². The Bertz CT molecular complexity index is 1020. The highest BCUT2D eigenvalue weighted by Crippen LogP contribution is 2.40. The number of amides is 1. The topological polar surface area (TPSA) is 36.1 Å². The minimum atomic E-state index is -1.37. The van der Waals surface area contributed by atoms with Gasteiger partial charge in [-0.25, -0.2) is 0 Å². The molecule has 2 aromatic carbocycles. The standard InChI is InChI=1S/C23H27ClN2OSi/c1-15-13-19-18-7-5-6-8-20(18)25-22(19)23(26(15)21(27)14-24)16-9-11-17(12-10-16)28(2,3)4/h5-12,15,23,25H,13-14H2,1-4H3/t15-,23+/m0/s1. The fourth-order valence-electron chi connectivity index (χ4n) is 4.41. The second-order valence-electron chi connectivity index (χ2n) is 8.83. The maximum Gasteiger partial charge on any atom is 0.238 e. The lowest BCUT2D eigenvalue weighted by Gasteiger charge is -2.41. The molecule has 4 rings (SSSR count). The fourth-order valence-corrected chi connectivity index (χ4v) is 5.72. The molecule has 2 atom stereocenters. The van der Waals surface area contributed by atoms with E-state index in [1.807, 2.05) is 11.0 Å². The Balaban J connectivity index is 1.89. The van der Waals surface area contributed by atoms with Gasteiger partial charge in [-0.1, -0.05) is 67.3 Å². The molecule has 1 amide bonds. The summed E-state index contributed by atoms with van der Waals surface area (Å²) in [5.41, 5.74) is 4.71. The summed E-state index contributed by atoms with van der Waals surface area (Å²) in [5, 5.41) is 2.68. The van der Waals surface area contributed by atoms with Gasteiger partial charge >= 0.3 is 0 Å². The van der Waals surface area contributed by atoms with Crippen LogP contribution in [0.3, 0.4) is 0 Å². The number of aromatic nitrogens is 1. The van der Waals surface area contributed by atoms with Crippen molar-refractivity contribution in [3.05, 3.63) is 65.4 Å². The Morgan fingerprint density at radius 3 is 2.46 bits per heavy atom. The van der Waals surface area contributed by atoms with Crippen LogP contribution in [0.2, 0.25) is 19.6 Å². The van der Waals surface area contributed by atoms with Gasteiger partial charge in [-0.05, 0) is 30.5 Å². The molecule has 0 fully saturated rings. The summed E-state index contributed by atoms with van der Waals surface area (Å²) in [6, 6.07) is 17.2. The number of para-hydroxylation sites is 1. The molecule has 5 heteroatoms. The molecule has 1 aromatic heterocycles. The lowest BCUT2D eigenvalue weighted by atomic mass is 9.88. The van der Waals surface area contributed by atoms with Crippen molar-refractivity contribution in [2.45, 2.75) is 45.1 Å². The number of halogens is 1. The lowest BCUT2D eigenvalue weighted by Crippen LogP contribution is -2.47. The van der Waals surface area contributed by atoms with Crippen LogP contribution in [-0.2, 0) is 11.2 Å². The van der Waals surface area contributed by atoms with E-state index >= 15 is 0 Å². The normalized spacial score (nSPS) is 19.7. The summed E-state index contributed by atoms with van der Waals surface area (Å²) in [7, 11) is -1.37. The van der Waals surface area contributed by atoms with E-state index in [1.54, 1.807) is 0 Å². The maximum absolute atomic E-state index is 12.8. The first-order chi connectivity index (χ1) is 13.3. The smallest absolute Gasteiger partial charge is 0.238 e. The number of nitrogens with one attached hydrogen (secondary N) is 1. The van der Waals surface area contributed by atoms with Gasteiger partial charge in [0.15, 0.2) is 0 Å². The van der Waals surface area contributed by atoms with Gasteiger partial charge in [-0.3, -0.25) is 4.79 Å². The number of fused-ring (bicyclic) bond motifs is 3. The number of alkyl halides is 1. The highest BCUT2D eigenvalue weighted by molar-refractivity contribution is 6.88. The van der Waals surface area contributed by atoms with Crippen molar-refractivity contribution in [2.75, 3.05) is 5.88 Å². The van der Waals surface area contributed by atoms with Crippen LogP contribution < -0.4 is 5.19 Å². The van der Waals surface area contributed by atoms with Gasteiger partial charge in [0.2, 0.25) is 5.91 Å². The number of aromatic amines is 1. The second-order valence-corrected chi connectivity index (χ2v) is 14.2. The Labute approximate surface area is 172 Å². The second kappa shape index (κ2) is 7.09. The van der Waals surface area contributed by atoms with Crippen molar-refractivity contribution in [1.29, 1.82) is 0 Å². The van der Waals surface area contributed by atoms with E-state index in [2.05, 4.69) is 74.0 Å². The van der Waals surface area contributed by atoms with E-state index in [0.717, 1.165) is 23.2 Å². The van der Waals surface area contributed by atoms with E-state index in [9.17, 15) is 4.79 Å². The van der Waals surface area contributed by atoms with Crippen LogP contribution in [-0.4, -0.2) is 35.8 Å². The number of nitrogens with zero attached hydrogens (tertiary/aromatic N) is 1. The molecule has 0 saturated heterocycles. The van der Waals surface area contributed by atoms with Gasteiger partial charge in [0.1, 0.15) is 5.88 Å². The fraction of sp³-hybridized carbons (Fsp3) is 0.348. The monoisotopic (exact) mass is 410 g/mol. The van der Waals surface area contributed by atoms with Gasteiger partial charge in [-0.15, -0.1) is 11.6 Å². The molecular weight excluding hydrogens is 384 g/mol. The van der Waals surface area contributed by atoms with Crippen LogP contribution in [0.5, 0.6) is 0 Å². The van der Waals surface area contributed by atoms with Crippen molar-refractivity contribution in [1.82, 2.24) is 9.88 Å². The molecule has 0 bridgehead atoms. The molecule has 146 valence electrons. The Kier molecular flexibility index (Phi) is 4.88. The average molecular weight is 411 g/mol. The number of rotatable bonds is 3. The average Bonchev–Trinajstić information content (AvgIpc) is 3.04. The van der Waals surface area contributed by atoms with Crippen molar-refractivity contribution in [3.63, 3.8) is 0 Å². The molecule has 1 aliphatic heterocycles. The first kappa shape index (κ1) is 19.3. The predicted molar refractivity (Wildman–Crippen MR) is 120 cm³/mol. The zero-order valence-electron chi connectivity index (χ0n) is 16.9. The molecule has 3 nitrogen and oxygen atoms in total. The number of H-pyrrole nitrogens is 1. The largest absolute Gasteiger partial charge is 0.356 e. The van der Waals surface area contributed by atoms with Gasteiger partial charge < -0.3 is 9.88 Å². The van der Waals surface area contributed by atoms with E-state index in [4.69, 9.17) is 11.6 Å². The van der Waals surface area contributed by atoms with Gasteiger partial charge in [0, 0.05) is 22.6 Å². The zero-order valence-corrected chi connectivity index (χ0v) is 18.7. The number of benzene rings is 2. The van der Waals surface area contributed by atoms with Crippen LogP contribution in [0.4, 0.5) is 0 Å². The molecule has 1 aliphatic rings. The molecule has 0 spiro atoms. The Morgan fingerprint density at radius 2 is 1.82 bits per heavy atom. The Hall–Kier alpha value is -2.04. The molecular formula is C23H27ClN2OSi. The zero-order chi connectivity index (χ0) is 20.1. The number of carbonyl (C=O) groups excluding carboxylic acids is 1. The molecule has 0 aliphatic carbocycles. The van der Waals surface area contributed by atoms with E-state index in [1.165, 1.54) is 16.1 Å². The minimum Gasteiger partial charge on any atom is -0.356 e. The SMILES string of the molecule is C[C@H]1Cc2c([nH]c3ccccc23)[C@@H](c2ccc([Si](C)(C)C)cc2)N1C(=O)CCl. The van der Waals surface area contributed by atoms with Crippen LogP contribution >= 0.6 is 11.6 Å². The first-order valence-corrected chi connectivity index (χ1v) is 13.9. The summed E-state index contributed by atoms with van der Waals surface area (Å²) < 4.78 is 0. The maximum atomic E-state index is 12.8. The molecule has 0 saturated carbocycles. The van der Waals surface area contributed by atoms with Crippen molar-refractivity contribution >= 4 is 41.7 Å². The van der Waals surface area contributed by atoms with E-state index in [-0.39, 0.29) is 23.9 Å². The van der Waals surface area contributed by atoms with Crippen molar-refractivity contribution in [2.24, 2.45) is 0 Å². The molecule has 0 unspecified atom stereocenters. The third-order valence-corrected chi connectivity index (χ3v) is 8.16. The highest BCUT2D eigenvalue weighted by atomic mass is 35.5.